The van der Waals surface area contributed by atoms with Gasteiger partial charge in [-0.15, -0.1) is 21.5 Å². The van der Waals surface area contributed by atoms with Crippen LogP contribution in [0.1, 0.15) is 23.6 Å². The fourth-order valence-corrected chi connectivity index (χ4v) is 5.47. The summed E-state index contributed by atoms with van der Waals surface area (Å²) < 4.78 is 7.01. The van der Waals surface area contributed by atoms with E-state index in [0.717, 1.165) is 20.2 Å². The van der Waals surface area contributed by atoms with Crippen LogP contribution in [0.25, 0.3) is 0 Å². The van der Waals surface area contributed by atoms with Gasteiger partial charge in [-0.3, -0.25) is 4.79 Å². The van der Waals surface area contributed by atoms with Crippen molar-refractivity contribution in [3.8, 4) is 0 Å². The first-order valence-electron chi connectivity index (χ1n) is 7.15. The molecule has 126 valence electrons. The lowest BCUT2D eigenvalue weighted by molar-refractivity contribution is -0.119. The van der Waals surface area contributed by atoms with Gasteiger partial charge in [0.05, 0.1) is 18.1 Å². The van der Waals surface area contributed by atoms with Gasteiger partial charge < -0.3 is 9.73 Å². The molecule has 1 amide bonds. The third kappa shape index (κ3) is 5.10. The van der Waals surface area contributed by atoms with Crippen molar-refractivity contribution in [3.05, 3.63) is 46.5 Å². The number of aromatic nitrogens is 2. The molecule has 3 aromatic rings. The van der Waals surface area contributed by atoms with Crippen molar-refractivity contribution in [1.29, 1.82) is 0 Å². The van der Waals surface area contributed by atoms with Crippen LogP contribution in [0, 0.1) is 0 Å². The second-order valence-corrected chi connectivity index (χ2v) is 9.25. The molecule has 0 bridgehead atoms. The Balaban J connectivity index is 1.42. The molecule has 0 radical (unpaired) electrons. The Morgan fingerprint density at radius 3 is 2.83 bits per heavy atom. The number of carbonyl (C=O) groups is 1. The highest BCUT2D eigenvalue weighted by Crippen LogP contribution is 2.31. The molecule has 1 atom stereocenters. The maximum Gasteiger partial charge on any atom is 0.231 e. The minimum atomic E-state index is -0.139. The Morgan fingerprint density at radius 1 is 1.29 bits per heavy atom. The maximum atomic E-state index is 12.0. The summed E-state index contributed by atoms with van der Waals surface area (Å²) in [4.78, 5) is 13.3. The Kier molecular flexibility index (Phi) is 6.36. The normalized spacial score (nSPS) is 12.2. The highest BCUT2D eigenvalue weighted by atomic mass is 32.2. The van der Waals surface area contributed by atoms with Crippen LogP contribution in [-0.2, 0) is 10.5 Å². The molecular weight excluding hydrogens is 382 g/mol. The van der Waals surface area contributed by atoms with Crippen molar-refractivity contribution in [2.45, 2.75) is 27.4 Å². The lowest BCUT2D eigenvalue weighted by Crippen LogP contribution is -2.27. The fourth-order valence-electron chi connectivity index (χ4n) is 1.86. The van der Waals surface area contributed by atoms with Gasteiger partial charge in [-0.2, -0.15) is 0 Å². The van der Waals surface area contributed by atoms with E-state index in [-0.39, 0.29) is 11.9 Å². The Hall–Kier alpha value is -1.29. The molecule has 0 aliphatic heterocycles. The number of amides is 1. The monoisotopic (exact) mass is 397 g/mol. The summed E-state index contributed by atoms with van der Waals surface area (Å²) in [6.07, 6.45) is 1.60. The van der Waals surface area contributed by atoms with Crippen LogP contribution in [0.2, 0.25) is 0 Å². The van der Waals surface area contributed by atoms with E-state index in [1.54, 1.807) is 29.4 Å². The number of thioether (sulfide) groups is 2. The second kappa shape index (κ2) is 8.70. The van der Waals surface area contributed by atoms with E-state index in [1.807, 2.05) is 25.1 Å². The van der Waals surface area contributed by atoms with Crippen LogP contribution in [-0.4, -0.2) is 21.9 Å². The number of rotatable bonds is 8. The zero-order valence-electron chi connectivity index (χ0n) is 12.8. The maximum absolute atomic E-state index is 12.0. The summed E-state index contributed by atoms with van der Waals surface area (Å²) in [6.45, 7) is 1.89. The molecule has 5 nitrogen and oxygen atoms in total. The predicted octanol–water partition coefficient (Wildman–Crippen LogP) is 4.45. The molecule has 0 fully saturated rings. The molecule has 3 heterocycles. The molecule has 0 aliphatic rings. The van der Waals surface area contributed by atoms with E-state index in [2.05, 4.69) is 27.0 Å². The van der Waals surface area contributed by atoms with E-state index in [0.29, 0.717) is 5.75 Å². The molecule has 0 aromatic carbocycles. The van der Waals surface area contributed by atoms with Crippen LogP contribution in [0.4, 0.5) is 0 Å². The van der Waals surface area contributed by atoms with E-state index in [9.17, 15) is 4.79 Å². The van der Waals surface area contributed by atoms with Crippen LogP contribution in [0.5, 0.6) is 0 Å². The van der Waals surface area contributed by atoms with Gasteiger partial charge in [-0.1, -0.05) is 40.9 Å². The first-order valence-corrected chi connectivity index (χ1v) is 10.8. The van der Waals surface area contributed by atoms with Crippen molar-refractivity contribution in [1.82, 2.24) is 15.5 Å². The predicted molar refractivity (Wildman–Crippen MR) is 99.8 cm³/mol. The van der Waals surface area contributed by atoms with E-state index in [1.165, 1.54) is 28.0 Å². The molecule has 1 N–H and O–H groups in total. The van der Waals surface area contributed by atoms with Crippen LogP contribution >= 0.6 is 46.2 Å². The third-order valence-electron chi connectivity index (χ3n) is 2.98. The molecular formula is C15H15N3O2S4. The summed E-state index contributed by atoms with van der Waals surface area (Å²) in [7, 11) is 0. The molecule has 0 aliphatic carbocycles. The van der Waals surface area contributed by atoms with E-state index >= 15 is 0 Å². The number of hydrogen-bond acceptors (Lipinski definition) is 8. The average molecular weight is 398 g/mol. The summed E-state index contributed by atoms with van der Waals surface area (Å²) >= 11 is 6.34. The van der Waals surface area contributed by atoms with Crippen molar-refractivity contribution < 1.29 is 9.21 Å². The fraction of sp³-hybridized carbons (Fsp3) is 0.267. The first-order chi connectivity index (χ1) is 11.7. The molecule has 3 aromatic heterocycles. The Labute approximate surface area is 156 Å². The minimum absolute atomic E-state index is 0.0492. The van der Waals surface area contributed by atoms with Gasteiger partial charge in [0.2, 0.25) is 5.91 Å². The van der Waals surface area contributed by atoms with Crippen molar-refractivity contribution in [2.75, 3.05) is 5.75 Å². The quantitative estimate of drug-likeness (QED) is 0.566. The van der Waals surface area contributed by atoms with Gasteiger partial charge in [0, 0.05) is 10.6 Å². The highest BCUT2D eigenvalue weighted by Gasteiger charge is 2.13. The summed E-state index contributed by atoms with van der Waals surface area (Å²) in [5.41, 5.74) is 0. The third-order valence-corrected chi connectivity index (χ3v) is 7.28. The lowest BCUT2D eigenvalue weighted by Gasteiger charge is -2.10. The molecule has 3 rings (SSSR count). The topological polar surface area (TPSA) is 68.0 Å². The number of thiophene rings is 1. The van der Waals surface area contributed by atoms with Crippen molar-refractivity contribution >= 4 is 52.1 Å². The largest absolute Gasteiger partial charge is 0.467 e. The van der Waals surface area contributed by atoms with Crippen molar-refractivity contribution in [3.63, 3.8) is 0 Å². The molecule has 0 saturated carbocycles. The summed E-state index contributed by atoms with van der Waals surface area (Å²) in [5.74, 6) is 1.91. The molecule has 0 saturated heterocycles. The molecule has 0 spiro atoms. The van der Waals surface area contributed by atoms with Crippen LogP contribution in [0.3, 0.4) is 0 Å². The summed E-state index contributed by atoms with van der Waals surface area (Å²) in [6, 6.07) is 7.67. The lowest BCUT2D eigenvalue weighted by atomic mass is 10.2. The number of hydrogen-bond donors (Lipinski definition) is 1. The smallest absolute Gasteiger partial charge is 0.231 e. The zero-order chi connectivity index (χ0) is 16.8. The molecule has 24 heavy (non-hydrogen) atoms. The summed E-state index contributed by atoms with van der Waals surface area (Å²) in [5, 5.41) is 13.3. The van der Waals surface area contributed by atoms with Crippen molar-refractivity contribution in [2.24, 2.45) is 0 Å². The number of furan rings is 1. The SMILES string of the molecule is C[C@@H](NC(=O)CSc1nnc(SCc2cccs2)s1)c1ccco1. The molecule has 9 heteroatoms. The van der Waals surface area contributed by atoms with Gasteiger partial charge in [-0.05, 0) is 30.5 Å². The van der Waals surface area contributed by atoms with E-state index < -0.39 is 0 Å². The van der Waals surface area contributed by atoms with Gasteiger partial charge in [-0.25, -0.2) is 0 Å². The first kappa shape index (κ1) is 17.5. The zero-order valence-corrected chi connectivity index (χ0v) is 16.1. The second-order valence-electron chi connectivity index (χ2n) is 4.80. The Bertz CT molecular complexity index is 756. The van der Waals surface area contributed by atoms with Gasteiger partial charge in [0.15, 0.2) is 8.68 Å². The molecule has 0 unspecified atom stereocenters. The van der Waals surface area contributed by atoms with Crippen LogP contribution in [0.15, 0.2) is 49.0 Å². The minimum Gasteiger partial charge on any atom is -0.467 e. The van der Waals surface area contributed by atoms with Gasteiger partial charge >= 0.3 is 0 Å². The average Bonchev–Trinajstić information content (AvgIpc) is 3.33. The highest BCUT2D eigenvalue weighted by molar-refractivity contribution is 8.03. The van der Waals surface area contributed by atoms with Gasteiger partial charge in [0.1, 0.15) is 5.76 Å². The Morgan fingerprint density at radius 2 is 2.12 bits per heavy atom. The van der Waals surface area contributed by atoms with Gasteiger partial charge in [0.25, 0.3) is 0 Å². The number of nitrogens with zero attached hydrogens (tertiary/aromatic N) is 2. The van der Waals surface area contributed by atoms with E-state index in [4.69, 9.17) is 4.42 Å². The number of carbonyl (C=O) groups excluding carboxylic acids is 1. The standard InChI is InChI=1S/C15H15N3O2S4/c1-10(12-5-2-6-20-12)16-13(19)9-23-15-18-17-14(24-15)22-8-11-4-3-7-21-11/h2-7,10H,8-9H2,1H3,(H,16,19)/t10-/m1/s1. The number of nitrogens with one attached hydrogen (secondary N) is 1. The van der Waals surface area contributed by atoms with Crippen LogP contribution < -0.4 is 5.32 Å².